The molecule has 0 radical (unpaired) electrons. The van der Waals surface area contributed by atoms with E-state index in [1.54, 1.807) is 4.68 Å². The SMILES string of the molecule is C(=C\c1ccccc1)/CNc1nnnn1-c1ccccc1. The van der Waals surface area contributed by atoms with E-state index < -0.39 is 0 Å². The van der Waals surface area contributed by atoms with Crippen molar-refractivity contribution in [3.05, 3.63) is 72.3 Å². The summed E-state index contributed by atoms with van der Waals surface area (Å²) in [5.74, 6) is 0.624. The van der Waals surface area contributed by atoms with E-state index in [4.69, 9.17) is 0 Å². The summed E-state index contributed by atoms with van der Waals surface area (Å²) >= 11 is 0. The van der Waals surface area contributed by atoms with Crippen LogP contribution in [0, 0.1) is 0 Å². The summed E-state index contributed by atoms with van der Waals surface area (Å²) < 4.78 is 1.68. The van der Waals surface area contributed by atoms with E-state index in [0.29, 0.717) is 12.5 Å². The summed E-state index contributed by atoms with van der Waals surface area (Å²) in [6, 6.07) is 19.9. The zero-order valence-corrected chi connectivity index (χ0v) is 11.4. The highest BCUT2D eigenvalue weighted by atomic mass is 15.6. The van der Waals surface area contributed by atoms with Crippen LogP contribution in [0.25, 0.3) is 11.8 Å². The molecule has 5 nitrogen and oxygen atoms in total. The first-order valence-electron chi connectivity index (χ1n) is 6.73. The molecule has 0 atom stereocenters. The fourth-order valence-electron chi connectivity index (χ4n) is 1.95. The number of nitrogens with one attached hydrogen (secondary N) is 1. The van der Waals surface area contributed by atoms with Crippen LogP contribution in [0.15, 0.2) is 66.7 Å². The van der Waals surface area contributed by atoms with Crippen LogP contribution in [0.5, 0.6) is 0 Å². The van der Waals surface area contributed by atoms with Gasteiger partial charge in [-0.25, -0.2) is 0 Å². The van der Waals surface area contributed by atoms with Gasteiger partial charge in [-0.05, 0) is 28.1 Å². The number of hydrogen-bond acceptors (Lipinski definition) is 4. The Morgan fingerprint density at radius 1 is 0.952 bits per heavy atom. The lowest BCUT2D eigenvalue weighted by Crippen LogP contribution is -2.07. The molecule has 0 saturated heterocycles. The Hall–Kier alpha value is -2.95. The van der Waals surface area contributed by atoms with E-state index in [2.05, 4.69) is 39.1 Å². The van der Waals surface area contributed by atoms with Gasteiger partial charge in [-0.3, -0.25) is 0 Å². The van der Waals surface area contributed by atoms with Crippen LogP contribution < -0.4 is 5.32 Å². The second kappa shape index (κ2) is 6.47. The third kappa shape index (κ3) is 3.33. The maximum atomic E-state index is 3.99. The van der Waals surface area contributed by atoms with Crippen molar-refractivity contribution in [1.82, 2.24) is 20.2 Å². The van der Waals surface area contributed by atoms with Crippen LogP contribution >= 0.6 is 0 Å². The monoisotopic (exact) mass is 277 g/mol. The van der Waals surface area contributed by atoms with Crippen LogP contribution in [0.1, 0.15) is 5.56 Å². The minimum Gasteiger partial charge on any atom is -0.349 e. The van der Waals surface area contributed by atoms with Crippen molar-refractivity contribution < 1.29 is 0 Å². The molecule has 5 heteroatoms. The molecule has 1 heterocycles. The van der Waals surface area contributed by atoms with Crippen molar-refractivity contribution in [2.24, 2.45) is 0 Å². The molecule has 2 aromatic carbocycles. The summed E-state index contributed by atoms with van der Waals surface area (Å²) in [6.07, 6.45) is 4.10. The highest BCUT2D eigenvalue weighted by Crippen LogP contribution is 2.10. The van der Waals surface area contributed by atoms with Gasteiger partial charge >= 0.3 is 0 Å². The second-order valence-corrected chi connectivity index (χ2v) is 4.44. The van der Waals surface area contributed by atoms with E-state index in [1.165, 1.54) is 5.56 Å². The molecule has 0 fully saturated rings. The predicted molar refractivity (Wildman–Crippen MR) is 83.1 cm³/mol. The Morgan fingerprint density at radius 2 is 1.67 bits per heavy atom. The maximum absolute atomic E-state index is 3.99. The standard InChI is InChI=1S/C16H15N5/c1-3-8-14(9-4-1)10-7-13-17-16-18-19-20-21(16)15-11-5-2-6-12-15/h1-12H,13H2,(H,17,18,20)/b10-7+. The lowest BCUT2D eigenvalue weighted by atomic mass is 10.2. The fraction of sp³-hybridized carbons (Fsp3) is 0.0625. The van der Waals surface area contributed by atoms with Crippen molar-refractivity contribution in [2.45, 2.75) is 0 Å². The molecule has 21 heavy (non-hydrogen) atoms. The molecule has 0 amide bonds. The smallest absolute Gasteiger partial charge is 0.248 e. The van der Waals surface area contributed by atoms with Crippen molar-refractivity contribution in [1.29, 1.82) is 0 Å². The molecule has 1 N–H and O–H groups in total. The number of benzene rings is 2. The molecule has 3 aromatic rings. The number of anilines is 1. The summed E-state index contributed by atoms with van der Waals surface area (Å²) in [5.41, 5.74) is 2.10. The highest BCUT2D eigenvalue weighted by Gasteiger charge is 2.05. The average molecular weight is 277 g/mol. The van der Waals surface area contributed by atoms with Gasteiger partial charge < -0.3 is 5.32 Å². The molecule has 3 rings (SSSR count). The minimum absolute atomic E-state index is 0.624. The number of hydrogen-bond donors (Lipinski definition) is 1. The molecule has 0 bridgehead atoms. The van der Waals surface area contributed by atoms with Crippen molar-refractivity contribution >= 4 is 12.0 Å². The van der Waals surface area contributed by atoms with Crippen LogP contribution in [0.4, 0.5) is 5.95 Å². The van der Waals surface area contributed by atoms with E-state index >= 15 is 0 Å². The van der Waals surface area contributed by atoms with Gasteiger partial charge in [0.2, 0.25) is 5.95 Å². The van der Waals surface area contributed by atoms with Gasteiger partial charge in [0, 0.05) is 6.54 Å². The molecular formula is C16H15N5. The fourth-order valence-corrected chi connectivity index (χ4v) is 1.95. The molecule has 104 valence electrons. The minimum atomic E-state index is 0.624. The summed E-state index contributed by atoms with van der Waals surface area (Å²) in [6.45, 7) is 0.655. The van der Waals surface area contributed by atoms with Gasteiger partial charge in [0.15, 0.2) is 0 Å². The van der Waals surface area contributed by atoms with Crippen molar-refractivity contribution in [3.8, 4) is 5.69 Å². The molecule has 1 aromatic heterocycles. The molecule has 0 saturated carbocycles. The zero-order valence-electron chi connectivity index (χ0n) is 11.4. The Kier molecular flexibility index (Phi) is 4.02. The Balaban J connectivity index is 1.65. The highest BCUT2D eigenvalue weighted by molar-refractivity contribution is 5.49. The van der Waals surface area contributed by atoms with Gasteiger partial charge in [0.25, 0.3) is 0 Å². The van der Waals surface area contributed by atoms with E-state index in [1.807, 2.05) is 54.6 Å². The van der Waals surface area contributed by atoms with Crippen LogP contribution in [0.3, 0.4) is 0 Å². The molecule has 0 aliphatic rings. The lowest BCUT2D eigenvalue weighted by Gasteiger charge is -2.04. The average Bonchev–Trinajstić information content (AvgIpc) is 3.02. The van der Waals surface area contributed by atoms with E-state index in [9.17, 15) is 0 Å². The largest absolute Gasteiger partial charge is 0.349 e. The van der Waals surface area contributed by atoms with Gasteiger partial charge in [-0.2, -0.15) is 4.68 Å². The van der Waals surface area contributed by atoms with E-state index in [-0.39, 0.29) is 0 Å². The normalized spacial score (nSPS) is 10.9. The molecule has 0 aliphatic carbocycles. The number of para-hydroxylation sites is 1. The van der Waals surface area contributed by atoms with Crippen LogP contribution in [-0.4, -0.2) is 26.8 Å². The number of rotatable bonds is 5. The van der Waals surface area contributed by atoms with Crippen molar-refractivity contribution in [2.75, 3.05) is 11.9 Å². The first-order valence-corrected chi connectivity index (χ1v) is 6.73. The first kappa shape index (κ1) is 13.1. The lowest BCUT2D eigenvalue weighted by molar-refractivity contribution is 0.790. The maximum Gasteiger partial charge on any atom is 0.248 e. The Morgan fingerprint density at radius 3 is 2.43 bits per heavy atom. The van der Waals surface area contributed by atoms with E-state index in [0.717, 1.165) is 5.69 Å². The van der Waals surface area contributed by atoms with Crippen molar-refractivity contribution in [3.63, 3.8) is 0 Å². The topological polar surface area (TPSA) is 55.6 Å². The molecule has 0 aliphatic heterocycles. The first-order chi connectivity index (χ1) is 10.4. The molecular weight excluding hydrogens is 262 g/mol. The third-order valence-corrected chi connectivity index (χ3v) is 2.96. The second-order valence-electron chi connectivity index (χ2n) is 4.44. The summed E-state index contributed by atoms with van der Waals surface area (Å²) in [4.78, 5) is 0. The van der Waals surface area contributed by atoms with Gasteiger partial charge in [-0.1, -0.05) is 65.8 Å². The number of tetrazole rings is 1. The molecule has 0 spiro atoms. The number of aromatic nitrogens is 4. The Bertz CT molecular complexity index is 704. The van der Waals surface area contributed by atoms with Gasteiger partial charge in [0.1, 0.15) is 0 Å². The summed E-state index contributed by atoms with van der Waals surface area (Å²) in [5, 5.41) is 14.9. The Labute approximate surface area is 122 Å². The van der Waals surface area contributed by atoms with Gasteiger partial charge in [0.05, 0.1) is 5.69 Å². The van der Waals surface area contributed by atoms with Crippen LogP contribution in [-0.2, 0) is 0 Å². The third-order valence-electron chi connectivity index (χ3n) is 2.96. The van der Waals surface area contributed by atoms with Crippen LogP contribution in [0.2, 0.25) is 0 Å². The number of nitrogens with zero attached hydrogens (tertiary/aromatic N) is 4. The zero-order chi connectivity index (χ0) is 14.3. The quantitative estimate of drug-likeness (QED) is 0.779. The summed E-state index contributed by atoms with van der Waals surface area (Å²) in [7, 11) is 0. The molecule has 0 unspecified atom stereocenters. The predicted octanol–water partition coefficient (Wildman–Crippen LogP) is 2.79. The van der Waals surface area contributed by atoms with Gasteiger partial charge in [-0.15, -0.1) is 0 Å².